The molecule has 0 spiro atoms. The molecule has 1 aromatic heterocycles. The van der Waals surface area contributed by atoms with Gasteiger partial charge in [-0.25, -0.2) is 8.42 Å². The first-order valence-corrected chi connectivity index (χ1v) is 7.63. The van der Waals surface area contributed by atoms with Gasteiger partial charge in [-0.3, -0.25) is 9.82 Å². The third-order valence-corrected chi connectivity index (χ3v) is 4.55. The lowest BCUT2D eigenvalue weighted by molar-refractivity contribution is 0.600. The number of aromatic amines is 1. The standard InChI is InChI=1S/C12H14N4O2S2/c1-7-3-4-9(12(13)19)5-10(7)16-20(17,18)11-6-14-15-8(11)2/h3-6,16H,1-2H3,(H2,13,19)(H,14,15). The van der Waals surface area contributed by atoms with Crippen LogP contribution in [0.15, 0.2) is 29.3 Å². The molecule has 2 aromatic rings. The Bertz CT molecular complexity index is 766. The molecule has 0 fully saturated rings. The van der Waals surface area contributed by atoms with Gasteiger partial charge in [-0.05, 0) is 25.5 Å². The van der Waals surface area contributed by atoms with Crippen molar-refractivity contribution in [3.63, 3.8) is 0 Å². The number of H-pyrrole nitrogens is 1. The van der Waals surface area contributed by atoms with Gasteiger partial charge in [0.05, 0.1) is 17.6 Å². The van der Waals surface area contributed by atoms with Crippen LogP contribution in [0, 0.1) is 13.8 Å². The van der Waals surface area contributed by atoms with Crippen LogP contribution >= 0.6 is 12.2 Å². The van der Waals surface area contributed by atoms with Gasteiger partial charge < -0.3 is 5.73 Å². The molecule has 0 atom stereocenters. The van der Waals surface area contributed by atoms with Crippen molar-refractivity contribution < 1.29 is 8.42 Å². The van der Waals surface area contributed by atoms with E-state index in [9.17, 15) is 8.42 Å². The first-order valence-electron chi connectivity index (χ1n) is 5.74. The fourth-order valence-electron chi connectivity index (χ4n) is 1.70. The summed E-state index contributed by atoms with van der Waals surface area (Å²) < 4.78 is 27.1. The second-order valence-corrected chi connectivity index (χ2v) is 6.45. The molecule has 1 heterocycles. The Morgan fingerprint density at radius 3 is 2.65 bits per heavy atom. The Hall–Kier alpha value is -1.93. The van der Waals surface area contributed by atoms with Gasteiger partial charge in [0, 0.05) is 5.56 Å². The maximum atomic E-state index is 12.3. The maximum absolute atomic E-state index is 12.3. The number of aryl methyl sites for hydroxylation is 2. The molecule has 0 aliphatic heterocycles. The Morgan fingerprint density at radius 1 is 1.40 bits per heavy atom. The van der Waals surface area contributed by atoms with Crippen molar-refractivity contribution in [1.82, 2.24) is 10.2 Å². The summed E-state index contributed by atoms with van der Waals surface area (Å²) in [6.45, 7) is 3.43. The average molecular weight is 310 g/mol. The number of aromatic nitrogens is 2. The van der Waals surface area contributed by atoms with Crippen LogP contribution in [0.2, 0.25) is 0 Å². The number of sulfonamides is 1. The molecule has 0 aliphatic carbocycles. The molecule has 0 amide bonds. The van der Waals surface area contributed by atoms with Crippen LogP contribution in [0.25, 0.3) is 0 Å². The molecule has 2 rings (SSSR count). The number of thiocarbonyl (C=S) groups is 1. The maximum Gasteiger partial charge on any atom is 0.265 e. The number of benzene rings is 1. The fraction of sp³-hybridized carbons (Fsp3) is 0.167. The van der Waals surface area contributed by atoms with Gasteiger partial charge in [0.1, 0.15) is 9.88 Å². The van der Waals surface area contributed by atoms with Crippen molar-refractivity contribution in [2.24, 2.45) is 5.73 Å². The zero-order valence-corrected chi connectivity index (χ0v) is 12.6. The van der Waals surface area contributed by atoms with E-state index < -0.39 is 10.0 Å². The lowest BCUT2D eigenvalue weighted by Crippen LogP contribution is -2.16. The van der Waals surface area contributed by atoms with E-state index in [0.29, 0.717) is 16.9 Å². The van der Waals surface area contributed by atoms with Crippen molar-refractivity contribution in [2.45, 2.75) is 18.7 Å². The van der Waals surface area contributed by atoms with Crippen LogP contribution in [-0.4, -0.2) is 23.6 Å². The molecule has 0 unspecified atom stereocenters. The van der Waals surface area contributed by atoms with Gasteiger partial charge in [0.15, 0.2) is 0 Å². The number of nitrogens with zero attached hydrogens (tertiary/aromatic N) is 1. The van der Waals surface area contributed by atoms with E-state index in [4.69, 9.17) is 18.0 Å². The van der Waals surface area contributed by atoms with Crippen LogP contribution in [-0.2, 0) is 10.0 Å². The van der Waals surface area contributed by atoms with E-state index in [1.807, 2.05) is 0 Å². The highest BCUT2D eigenvalue weighted by atomic mass is 32.2. The minimum absolute atomic E-state index is 0.109. The predicted octanol–water partition coefficient (Wildman–Crippen LogP) is 1.46. The van der Waals surface area contributed by atoms with Gasteiger partial charge >= 0.3 is 0 Å². The molecule has 6 nitrogen and oxygen atoms in total. The number of hydrogen-bond acceptors (Lipinski definition) is 4. The van der Waals surface area contributed by atoms with Gasteiger partial charge in [-0.15, -0.1) is 0 Å². The summed E-state index contributed by atoms with van der Waals surface area (Å²) in [5.41, 5.74) is 7.84. The summed E-state index contributed by atoms with van der Waals surface area (Å²) in [7, 11) is -3.69. The summed E-state index contributed by atoms with van der Waals surface area (Å²) in [6.07, 6.45) is 1.27. The largest absolute Gasteiger partial charge is 0.389 e. The molecule has 20 heavy (non-hydrogen) atoms. The highest BCUT2D eigenvalue weighted by Crippen LogP contribution is 2.22. The van der Waals surface area contributed by atoms with E-state index in [0.717, 1.165) is 5.56 Å². The van der Waals surface area contributed by atoms with Crippen LogP contribution < -0.4 is 10.5 Å². The molecular formula is C12H14N4O2S2. The number of anilines is 1. The molecule has 1 aromatic carbocycles. The van der Waals surface area contributed by atoms with Gasteiger partial charge in [-0.2, -0.15) is 5.10 Å². The van der Waals surface area contributed by atoms with Crippen molar-refractivity contribution >= 4 is 32.9 Å². The summed E-state index contributed by atoms with van der Waals surface area (Å²) in [5, 5.41) is 6.31. The van der Waals surface area contributed by atoms with Gasteiger partial charge in [-0.1, -0.05) is 24.4 Å². The number of hydrogen-bond donors (Lipinski definition) is 3. The Kier molecular flexibility index (Phi) is 3.78. The first-order chi connectivity index (χ1) is 9.31. The zero-order valence-electron chi connectivity index (χ0n) is 11.0. The van der Waals surface area contributed by atoms with E-state index in [1.165, 1.54) is 6.20 Å². The molecule has 0 saturated carbocycles. The predicted molar refractivity (Wildman–Crippen MR) is 81.2 cm³/mol. The van der Waals surface area contributed by atoms with E-state index in [2.05, 4.69) is 14.9 Å². The zero-order chi connectivity index (χ0) is 14.9. The third kappa shape index (κ3) is 2.81. The third-order valence-electron chi connectivity index (χ3n) is 2.84. The van der Waals surface area contributed by atoms with Crippen molar-refractivity contribution in [3.8, 4) is 0 Å². The van der Waals surface area contributed by atoms with Crippen LogP contribution in [0.5, 0.6) is 0 Å². The topological polar surface area (TPSA) is 101 Å². The lowest BCUT2D eigenvalue weighted by Gasteiger charge is -2.11. The Balaban J connectivity index is 2.42. The highest BCUT2D eigenvalue weighted by molar-refractivity contribution is 7.92. The van der Waals surface area contributed by atoms with E-state index in [1.54, 1.807) is 32.0 Å². The molecule has 0 aliphatic rings. The smallest absolute Gasteiger partial charge is 0.265 e. The fourth-order valence-corrected chi connectivity index (χ4v) is 3.08. The Labute approximate surface area is 122 Å². The number of nitrogens with two attached hydrogens (primary N) is 1. The summed E-state index contributed by atoms with van der Waals surface area (Å²) in [4.78, 5) is 0.322. The van der Waals surface area contributed by atoms with Gasteiger partial charge in [0.25, 0.3) is 10.0 Å². The SMILES string of the molecule is Cc1ccc(C(N)=S)cc1NS(=O)(=O)c1cn[nH]c1C. The molecule has 106 valence electrons. The minimum Gasteiger partial charge on any atom is -0.389 e. The van der Waals surface area contributed by atoms with Crippen LogP contribution in [0.3, 0.4) is 0 Å². The van der Waals surface area contributed by atoms with E-state index in [-0.39, 0.29) is 9.88 Å². The van der Waals surface area contributed by atoms with Crippen LogP contribution in [0.1, 0.15) is 16.8 Å². The molecule has 4 N–H and O–H groups in total. The van der Waals surface area contributed by atoms with Gasteiger partial charge in [0.2, 0.25) is 0 Å². The summed E-state index contributed by atoms with van der Waals surface area (Å²) in [6, 6.07) is 5.12. The van der Waals surface area contributed by atoms with Crippen molar-refractivity contribution in [2.75, 3.05) is 4.72 Å². The van der Waals surface area contributed by atoms with Crippen molar-refractivity contribution in [1.29, 1.82) is 0 Å². The first kappa shape index (κ1) is 14.5. The molecule has 0 saturated heterocycles. The molecule has 0 radical (unpaired) electrons. The second-order valence-electron chi connectivity index (χ2n) is 4.36. The molecular weight excluding hydrogens is 296 g/mol. The number of rotatable bonds is 4. The summed E-state index contributed by atoms with van der Waals surface area (Å²) in [5.74, 6) is 0. The quantitative estimate of drug-likeness (QED) is 0.742. The van der Waals surface area contributed by atoms with E-state index >= 15 is 0 Å². The molecule has 0 bridgehead atoms. The van der Waals surface area contributed by atoms with Crippen LogP contribution in [0.4, 0.5) is 5.69 Å². The number of nitrogens with one attached hydrogen (secondary N) is 2. The molecule has 8 heteroatoms. The Morgan fingerprint density at radius 2 is 2.10 bits per heavy atom. The monoisotopic (exact) mass is 310 g/mol. The average Bonchev–Trinajstić information content (AvgIpc) is 2.78. The highest BCUT2D eigenvalue weighted by Gasteiger charge is 2.19. The normalized spacial score (nSPS) is 11.3. The minimum atomic E-state index is -3.69. The van der Waals surface area contributed by atoms with Crippen molar-refractivity contribution in [3.05, 3.63) is 41.2 Å². The summed E-state index contributed by atoms with van der Waals surface area (Å²) >= 11 is 4.89. The lowest BCUT2D eigenvalue weighted by atomic mass is 10.1. The second kappa shape index (κ2) is 5.22.